The molecule has 2 aromatic rings. The fourth-order valence-corrected chi connectivity index (χ4v) is 2.80. The molecule has 2 aromatic carbocycles. The predicted octanol–water partition coefficient (Wildman–Crippen LogP) is 4.66. The van der Waals surface area contributed by atoms with Gasteiger partial charge >= 0.3 is 0 Å². The van der Waals surface area contributed by atoms with Crippen LogP contribution in [-0.4, -0.2) is 5.75 Å². The molecule has 0 amide bonds. The van der Waals surface area contributed by atoms with E-state index in [2.05, 4.69) is 13.0 Å². The summed E-state index contributed by atoms with van der Waals surface area (Å²) in [6, 6.07) is 11.7. The van der Waals surface area contributed by atoms with Crippen molar-refractivity contribution in [3.05, 3.63) is 47.0 Å². The molecular formula is C17H18N2OS. The van der Waals surface area contributed by atoms with E-state index in [1.54, 1.807) is 11.8 Å². The summed E-state index contributed by atoms with van der Waals surface area (Å²) >= 11 is 1.64. The molecule has 0 saturated heterocycles. The van der Waals surface area contributed by atoms with Crippen LogP contribution in [0.4, 0.5) is 5.69 Å². The molecule has 108 valence electrons. The summed E-state index contributed by atoms with van der Waals surface area (Å²) in [5.41, 5.74) is 9.14. The third-order valence-corrected chi connectivity index (χ3v) is 4.12. The molecule has 0 radical (unpaired) electrons. The Kier molecular flexibility index (Phi) is 4.77. The van der Waals surface area contributed by atoms with Gasteiger partial charge in [-0.3, -0.25) is 0 Å². The highest BCUT2D eigenvalue weighted by atomic mass is 32.2. The number of anilines is 1. The summed E-state index contributed by atoms with van der Waals surface area (Å²) in [6.45, 7) is 5.95. The highest BCUT2D eigenvalue weighted by molar-refractivity contribution is 7.99. The summed E-state index contributed by atoms with van der Waals surface area (Å²) in [4.78, 5) is 0.947. The van der Waals surface area contributed by atoms with Crippen LogP contribution in [0, 0.1) is 25.2 Å². The lowest BCUT2D eigenvalue weighted by Gasteiger charge is -2.13. The first-order valence-corrected chi connectivity index (χ1v) is 7.75. The second-order valence-electron chi connectivity index (χ2n) is 4.75. The Balaban J connectivity index is 2.43. The van der Waals surface area contributed by atoms with Crippen molar-refractivity contribution >= 4 is 17.4 Å². The predicted molar refractivity (Wildman–Crippen MR) is 88.0 cm³/mol. The first kappa shape index (κ1) is 15.3. The van der Waals surface area contributed by atoms with E-state index < -0.39 is 0 Å². The van der Waals surface area contributed by atoms with Crippen molar-refractivity contribution < 1.29 is 4.74 Å². The standard InChI is InChI=1S/C17H18N2OS/c1-4-21-17-7-5-6-15(13(17)10-18)20-16-9-11(2)14(19)8-12(16)3/h5-9H,4,19H2,1-3H3. The van der Waals surface area contributed by atoms with Gasteiger partial charge in [0.15, 0.2) is 0 Å². The van der Waals surface area contributed by atoms with Gasteiger partial charge in [0, 0.05) is 10.6 Å². The monoisotopic (exact) mass is 298 g/mol. The van der Waals surface area contributed by atoms with Crippen LogP contribution in [0.25, 0.3) is 0 Å². The number of aryl methyl sites for hydroxylation is 2. The normalized spacial score (nSPS) is 10.2. The van der Waals surface area contributed by atoms with Gasteiger partial charge in [0.05, 0.1) is 0 Å². The SMILES string of the molecule is CCSc1cccc(Oc2cc(C)c(N)cc2C)c1C#N. The Bertz CT molecular complexity index is 705. The van der Waals surface area contributed by atoms with Gasteiger partial charge in [-0.05, 0) is 55.0 Å². The second-order valence-corrected chi connectivity index (χ2v) is 6.06. The summed E-state index contributed by atoms with van der Waals surface area (Å²) < 4.78 is 5.96. The summed E-state index contributed by atoms with van der Waals surface area (Å²) in [5.74, 6) is 2.23. The Hall–Kier alpha value is -2.12. The molecule has 0 saturated carbocycles. The minimum Gasteiger partial charge on any atom is -0.456 e. The molecule has 2 N–H and O–H groups in total. The number of nitrogens with two attached hydrogens (primary N) is 1. The number of hydrogen-bond donors (Lipinski definition) is 1. The van der Waals surface area contributed by atoms with Crippen LogP contribution < -0.4 is 10.5 Å². The van der Waals surface area contributed by atoms with Gasteiger partial charge in [0.25, 0.3) is 0 Å². The van der Waals surface area contributed by atoms with Crippen molar-refractivity contribution in [1.82, 2.24) is 0 Å². The maximum Gasteiger partial charge on any atom is 0.146 e. The number of nitrogens with zero attached hydrogens (tertiary/aromatic N) is 1. The van der Waals surface area contributed by atoms with Gasteiger partial charge in [-0.25, -0.2) is 0 Å². The second kappa shape index (κ2) is 6.55. The molecule has 0 aliphatic heterocycles. The lowest BCUT2D eigenvalue weighted by molar-refractivity contribution is 0.475. The van der Waals surface area contributed by atoms with Crippen LogP contribution >= 0.6 is 11.8 Å². The third kappa shape index (κ3) is 3.32. The van der Waals surface area contributed by atoms with E-state index in [4.69, 9.17) is 10.5 Å². The molecule has 0 unspecified atom stereocenters. The highest BCUT2D eigenvalue weighted by Crippen LogP contribution is 2.34. The number of ether oxygens (including phenoxy) is 1. The molecule has 0 aliphatic rings. The van der Waals surface area contributed by atoms with Crippen LogP contribution in [0.3, 0.4) is 0 Å². The molecule has 0 spiro atoms. The number of thioether (sulfide) groups is 1. The van der Waals surface area contributed by atoms with Crippen LogP contribution in [0.2, 0.25) is 0 Å². The number of hydrogen-bond acceptors (Lipinski definition) is 4. The Labute approximate surface area is 129 Å². The molecule has 0 fully saturated rings. The highest BCUT2D eigenvalue weighted by Gasteiger charge is 2.12. The van der Waals surface area contributed by atoms with E-state index in [0.29, 0.717) is 11.3 Å². The minimum atomic E-state index is 0.582. The van der Waals surface area contributed by atoms with Crippen LogP contribution in [0.15, 0.2) is 35.2 Å². The van der Waals surface area contributed by atoms with Gasteiger partial charge in [0.1, 0.15) is 23.1 Å². The molecule has 3 nitrogen and oxygen atoms in total. The van der Waals surface area contributed by atoms with E-state index in [9.17, 15) is 5.26 Å². The minimum absolute atomic E-state index is 0.582. The lowest BCUT2D eigenvalue weighted by atomic mass is 10.1. The van der Waals surface area contributed by atoms with E-state index in [1.807, 2.05) is 44.2 Å². The fourth-order valence-electron chi connectivity index (χ4n) is 2.02. The molecule has 4 heteroatoms. The average Bonchev–Trinajstić information content (AvgIpc) is 2.45. The van der Waals surface area contributed by atoms with Crippen molar-refractivity contribution in [1.29, 1.82) is 5.26 Å². The number of benzene rings is 2. The fraction of sp³-hybridized carbons (Fsp3) is 0.235. The first-order chi connectivity index (χ1) is 10.1. The average molecular weight is 298 g/mol. The first-order valence-electron chi connectivity index (χ1n) is 6.77. The van der Waals surface area contributed by atoms with Gasteiger partial charge in [0.2, 0.25) is 0 Å². The van der Waals surface area contributed by atoms with Crippen molar-refractivity contribution in [2.75, 3.05) is 11.5 Å². The maximum absolute atomic E-state index is 9.41. The Morgan fingerprint density at radius 2 is 1.95 bits per heavy atom. The third-order valence-electron chi connectivity index (χ3n) is 3.18. The van der Waals surface area contributed by atoms with Crippen LogP contribution in [0.5, 0.6) is 11.5 Å². The van der Waals surface area contributed by atoms with Gasteiger partial charge in [-0.15, -0.1) is 11.8 Å². The van der Waals surface area contributed by atoms with E-state index in [1.165, 1.54) is 0 Å². The van der Waals surface area contributed by atoms with Gasteiger partial charge in [-0.2, -0.15) is 5.26 Å². The zero-order chi connectivity index (χ0) is 15.4. The molecular weight excluding hydrogens is 280 g/mol. The maximum atomic E-state index is 9.41. The van der Waals surface area contributed by atoms with Crippen molar-refractivity contribution in [3.8, 4) is 17.6 Å². The number of rotatable bonds is 4. The van der Waals surface area contributed by atoms with E-state index in [0.717, 1.165) is 33.2 Å². The quantitative estimate of drug-likeness (QED) is 0.658. The topological polar surface area (TPSA) is 59.0 Å². The molecule has 0 heterocycles. The smallest absolute Gasteiger partial charge is 0.146 e. The van der Waals surface area contributed by atoms with Crippen LogP contribution in [-0.2, 0) is 0 Å². The van der Waals surface area contributed by atoms with Crippen molar-refractivity contribution in [2.45, 2.75) is 25.7 Å². The number of nitriles is 1. The molecule has 0 atom stereocenters. The molecule has 2 rings (SSSR count). The van der Waals surface area contributed by atoms with E-state index in [-0.39, 0.29) is 0 Å². The summed E-state index contributed by atoms with van der Waals surface area (Å²) in [6.07, 6.45) is 0. The largest absolute Gasteiger partial charge is 0.456 e. The zero-order valence-electron chi connectivity index (χ0n) is 12.4. The van der Waals surface area contributed by atoms with Crippen molar-refractivity contribution in [2.24, 2.45) is 0 Å². The molecule has 0 bridgehead atoms. The zero-order valence-corrected chi connectivity index (χ0v) is 13.3. The Morgan fingerprint density at radius 1 is 1.19 bits per heavy atom. The number of nitrogen functional groups attached to an aromatic ring is 1. The van der Waals surface area contributed by atoms with Crippen molar-refractivity contribution in [3.63, 3.8) is 0 Å². The van der Waals surface area contributed by atoms with Gasteiger partial charge < -0.3 is 10.5 Å². The van der Waals surface area contributed by atoms with Gasteiger partial charge in [-0.1, -0.05) is 13.0 Å². The van der Waals surface area contributed by atoms with E-state index >= 15 is 0 Å². The molecule has 0 aromatic heterocycles. The summed E-state index contributed by atoms with van der Waals surface area (Å²) in [5, 5.41) is 9.41. The summed E-state index contributed by atoms with van der Waals surface area (Å²) in [7, 11) is 0. The molecule has 21 heavy (non-hydrogen) atoms. The molecule has 0 aliphatic carbocycles. The van der Waals surface area contributed by atoms with Crippen LogP contribution in [0.1, 0.15) is 23.6 Å². The lowest BCUT2D eigenvalue weighted by Crippen LogP contribution is -1.96. The Morgan fingerprint density at radius 3 is 2.62 bits per heavy atom.